The lowest BCUT2D eigenvalue weighted by molar-refractivity contribution is -0.149. The molecule has 5 atom stereocenters. The number of fused-ring (bicyclic) bond motifs is 1. The number of aryl methyl sites for hydroxylation is 1. The molecule has 2 fully saturated rings. The number of benzene rings is 1. The van der Waals surface area contributed by atoms with Crippen molar-refractivity contribution in [1.29, 1.82) is 0 Å². The van der Waals surface area contributed by atoms with E-state index >= 15 is 0 Å². The molecule has 5 unspecified atom stereocenters. The van der Waals surface area contributed by atoms with Gasteiger partial charge in [0.25, 0.3) is 0 Å². The van der Waals surface area contributed by atoms with Crippen LogP contribution in [0.3, 0.4) is 0 Å². The highest BCUT2D eigenvalue weighted by atomic mass is 16.6. The Morgan fingerprint density at radius 2 is 1.92 bits per heavy atom. The maximum atomic E-state index is 14.1. The number of amides is 2. The lowest BCUT2D eigenvalue weighted by atomic mass is 9.98. The molecular formula is C37H50N4O7. The van der Waals surface area contributed by atoms with Gasteiger partial charge in [-0.3, -0.25) is 14.7 Å². The number of aromatic nitrogens is 1. The van der Waals surface area contributed by atoms with Crippen LogP contribution in [0.2, 0.25) is 0 Å². The summed E-state index contributed by atoms with van der Waals surface area (Å²) in [5.41, 5.74) is 1.36. The van der Waals surface area contributed by atoms with Crippen LogP contribution in [0.1, 0.15) is 73.1 Å². The Hall–Kier alpha value is -4.41. The van der Waals surface area contributed by atoms with Crippen LogP contribution in [0, 0.1) is 24.7 Å². The van der Waals surface area contributed by atoms with Crippen molar-refractivity contribution in [3.63, 3.8) is 0 Å². The number of esters is 1. The molecule has 11 nitrogen and oxygen atoms in total. The number of aliphatic imine (C=N–C) groups is 1. The number of carbonyl (C=O) groups excluding carboxylic acids is 3. The standard InChI is InChI=1S/C37H50N4O7/c1-13-25-18-37(25,34(43)46-14-2)40-33(42)32-22(6)30(19-41(32)35(44)48-36(9,10)11)47-29-17-27(24(8)38-23(7)20(3)4)39-31-21(5)28(45-12)16-15-26(29)31/h13,15-17,20,22,25,30,32H,1,8,14,18-19H2,2-7,9-12H3,(H,40,42). The minimum absolute atomic E-state index is 0.0608. The zero-order valence-electron chi connectivity index (χ0n) is 29.9. The first-order valence-corrected chi connectivity index (χ1v) is 16.5. The number of nitrogens with zero attached hydrogens (tertiary/aromatic N) is 3. The van der Waals surface area contributed by atoms with Gasteiger partial charge in [-0.1, -0.05) is 33.4 Å². The van der Waals surface area contributed by atoms with Crippen molar-refractivity contribution in [2.24, 2.45) is 22.7 Å². The molecule has 1 saturated carbocycles. The largest absolute Gasteiger partial charge is 0.496 e. The van der Waals surface area contributed by atoms with Crippen LogP contribution >= 0.6 is 0 Å². The van der Waals surface area contributed by atoms with Gasteiger partial charge in [-0.05, 0) is 66.0 Å². The van der Waals surface area contributed by atoms with Crippen molar-refractivity contribution < 1.29 is 33.3 Å². The molecule has 2 aromatic rings. The highest BCUT2D eigenvalue weighted by Gasteiger charge is 2.62. The van der Waals surface area contributed by atoms with Crippen molar-refractivity contribution in [3.8, 4) is 11.5 Å². The number of likely N-dealkylation sites (tertiary alicyclic amines) is 1. The topological polar surface area (TPSA) is 129 Å². The van der Waals surface area contributed by atoms with Crippen molar-refractivity contribution >= 4 is 40.3 Å². The van der Waals surface area contributed by atoms with Crippen LogP contribution in [-0.2, 0) is 19.1 Å². The molecule has 1 N–H and O–H groups in total. The third-order valence-electron chi connectivity index (χ3n) is 9.07. The Balaban J connectivity index is 1.75. The third kappa shape index (κ3) is 7.34. The van der Waals surface area contributed by atoms with E-state index in [0.29, 0.717) is 34.8 Å². The normalized spacial score (nSPS) is 23.9. The van der Waals surface area contributed by atoms with Crippen molar-refractivity contribution in [2.75, 3.05) is 20.3 Å². The lowest BCUT2D eigenvalue weighted by Crippen LogP contribution is -2.55. The van der Waals surface area contributed by atoms with Gasteiger partial charge in [-0.15, -0.1) is 6.58 Å². The second-order valence-electron chi connectivity index (χ2n) is 14.0. The smallest absolute Gasteiger partial charge is 0.411 e. The Kier molecular flexibility index (Phi) is 10.6. The average Bonchev–Trinajstić information content (AvgIpc) is 3.63. The molecule has 2 amide bonds. The molecule has 1 saturated heterocycles. The maximum Gasteiger partial charge on any atom is 0.411 e. The quantitative estimate of drug-likeness (QED) is 0.170. The summed E-state index contributed by atoms with van der Waals surface area (Å²) in [5.74, 6) is -0.419. The number of hydrogen-bond donors (Lipinski definition) is 1. The van der Waals surface area contributed by atoms with Gasteiger partial charge in [0.1, 0.15) is 34.8 Å². The van der Waals surface area contributed by atoms with Gasteiger partial charge in [0.2, 0.25) is 5.91 Å². The summed E-state index contributed by atoms with van der Waals surface area (Å²) >= 11 is 0. The van der Waals surface area contributed by atoms with Gasteiger partial charge in [0.15, 0.2) is 0 Å². The third-order valence-corrected chi connectivity index (χ3v) is 9.07. The van der Waals surface area contributed by atoms with Gasteiger partial charge in [-0.25, -0.2) is 14.6 Å². The molecule has 260 valence electrons. The highest BCUT2D eigenvalue weighted by molar-refractivity contribution is 5.96. The van der Waals surface area contributed by atoms with Crippen LogP contribution in [-0.4, -0.2) is 77.1 Å². The average molecular weight is 663 g/mol. The van der Waals surface area contributed by atoms with Gasteiger partial charge in [0.05, 0.1) is 37.2 Å². The molecule has 1 aliphatic carbocycles. The number of nitrogens with one attached hydrogen (secondary N) is 1. The first kappa shape index (κ1) is 36.4. The molecule has 0 radical (unpaired) electrons. The van der Waals surface area contributed by atoms with Gasteiger partial charge in [0, 0.05) is 34.6 Å². The van der Waals surface area contributed by atoms with E-state index in [1.54, 1.807) is 46.9 Å². The molecule has 1 aromatic heterocycles. The van der Waals surface area contributed by atoms with Crippen LogP contribution in [0.15, 0.2) is 42.4 Å². The van der Waals surface area contributed by atoms with E-state index in [1.807, 2.05) is 32.9 Å². The number of carbonyl (C=O) groups is 3. The Morgan fingerprint density at radius 3 is 2.48 bits per heavy atom. The van der Waals surface area contributed by atoms with Crippen LogP contribution in [0.25, 0.3) is 16.6 Å². The second-order valence-corrected chi connectivity index (χ2v) is 14.0. The number of hydrogen-bond acceptors (Lipinski definition) is 9. The summed E-state index contributed by atoms with van der Waals surface area (Å²) in [4.78, 5) is 51.6. The van der Waals surface area contributed by atoms with Gasteiger partial charge >= 0.3 is 12.1 Å². The Morgan fingerprint density at radius 1 is 1.23 bits per heavy atom. The Labute approximate surface area is 283 Å². The van der Waals surface area contributed by atoms with E-state index in [-0.39, 0.29) is 25.0 Å². The molecular weight excluding hydrogens is 612 g/mol. The molecule has 2 aliphatic rings. The van der Waals surface area contributed by atoms with E-state index in [0.717, 1.165) is 16.7 Å². The summed E-state index contributed by atoms with van der Waals surface area (Å²) in [5, 5.41) is 3.65. The lowest BCUT2D eigenvalue weighted by Gasteiger charge is -2.30. The molecule has 48 heavy (non-hydrogen) atoms. The zero-order valence-corrected chi connectivity index (χ0v) is 29.9. The summed E-state index contributed by atoms with van der Waals surface area (Å²) < 4.78 is 23.3. The number of methoxy groups -OCH3 is 1. The maximum absolute atomic E-state index is 14.1. The fraction of sp³-hybridized carbons (Fsp3) is 0.541. The van der Waals surface area contributed by atoms with Crippen molar-refractivity contribution in [2.45, 2.75) is 92.0 Å². The Bertz CT molecular complexity index is 1640. The highest BCUT2D eigenvalue weighted by Crippen LogP contribution is 2.46. The van der Waals surface area contributed by atoms with E-state index in [9.17, 15) is 14.4 Å². The minimum atomic E-state index is -1.23. The summed E-state index contributed by atoms with van der Waals surface area (Å²) in [7, 11) is 1.60. The van der Waals surface area contributed by atoms with Crippen LogP contribution in [0.5, 0.6) is 11.5 Å². The SMILES string of the molecule is C=CC1CC1(NC(=O)C1C(C)C(Oc2cc(C(=C)N=C(C)C(C)C)nc3c(C)c(OC)ccc23)CN1C(=O)OC(C)(C)C)C(=O)OCC. The molecule has 1 aromatic carbocycles. The summed E-state index contributed by atoms with van der Waals surface area (Å²) in [6, 6.07) is 4.52. The van der Waals surface area contributed by atoms with Crippen molar-refractivity contribution in [3.05, 3.63) is 48.7 Å². The molecule has 1 aliphatic heterocycles. The van der Waals surface area contributed by atoms with E-state index < -0.39 is 47.2 Å². The second kappa shape index (κ2) is 14.0. The fourth-order valence-corrected chi connectivity index (χ4v) is 5.96. The first-order valence-electron chi connectivity index (χ1n) is 16.5. The first-order chi connectivity index (χ1) is 22.5. The van der Waals surface area contributed by atoms with Crippen molar-refractivity contribution in [1.82, 2.24) is 15.2 Å². The van der Waals surface area contributed by atoms with Gasteiger partial charge in [-0.2, -0.15) is 0 Å². The number of ether oxygens (including phenoxy) is 4. The summed E-state index contributed by atoms with van der Waals surface area (Å²) in [6.45, 7) is 25.1. The van der Waals surface area contributed by atoms with Crippen LogP contribution < -0.4 is 14.8 Å². The predicted octanol–water partition coefficient (Wildman–Crippen LogP) is 6.27. The molecule has 4 rings (SSSR count). The van der Waals surface area contributed by atoms with E-state index in [1.165, 1.54) is 4.90 Å². The van der Waals surface area contributed by atoms with E-state index in [2.05, 4.69) is 32.3 Å². The van der Waals surface area contributed by atoms with Crippen LogP contribution in [0.4, 0.5) is 4.79 Å². The van der Waals surface area contributed by atoms with Gasteiger partial charge < -0.3 is 24.3 Å². The predicted molar refractivity (Wildman–Crippen MR) is 186 cm³/mol. The zero-order chi connectivity index (χ0) is 35.7. The van der Waals surface area contributed by atoms with E-state index in [4.69, 9.17) is 28.9 Å². The number of rotatable bonds is 11. The molecule has 0 bridgehead atoms. The monoisotopic (exact) mass is 662 g/mol. The molecule has 0 spiro atoms. The summed E-state index contributed by atoms with van der Waals surface area (Å²) in [6.07, 6.45) is 0.716. The minimum Gasteiger partial charge on any atom is -0.496 e. The number of pyridine rings is 1. The molecule has 11 heteroatoms. The fourth-order valence-electron chi connectivity index (χ4n) is 5.96. The molecule has 2 heterocycles.